The first-order chi connectivity index (χ1) is 66.2. The van der Waals surface area contributed by atoms with Gasteiger partial charge in [-0.05, 0) is 106 Å². The predicted octanol–water partition coefficient (Wildman–Crippen LogP) is 7.22. The number of rotatable bonds is 76. The molecule has 0 radical (unpaired) electrons. The molecule has 11 amide bonds. The summed E-state index contributed by atoms with van der Waals surface area (Å²) >= 11 is 1.48. The van der Waals surface area contributed by atoms with E-state index >= 15 is 0 Å². The molecule has 2 aliphatic heterocycles. The molecule has 38 heteroatoms. The number of methoxy groups -OCH3 is 3. The lowest BCUT2D eigenvalue weighted by Gasteiger charge is -2.41. The third-order valence-corrected chi connectivity index (χ3v) is 26.2. The van der Waals surface area contributed by atoms with E-state index < -0.39 is 78.0 Å². The van der Waals surface area contributed by atoms with Gasteiger partial charge in [0.05, 0.1) is 204 Å². The van der Waals surface area contributed by atoms with Crippen LogP contribution in [-0.2, 0) is 111 Å². The highest BCUT2D eigenvalue weighted by atomic mass is 32.1. The van der Waals surface area contributed by atoms with Crippen molar-refractivity contribution in [3.05, 3.63) is 87.9 Å². The number of ether oxygens (including phenoxy) is 12. The highest BCUT2D eigenvalue weighted by Crippen LogP contribution is 2.32. The Balaban J connectivity index is 0.954. The van der Waals surface area contributed by atoms with Gasteiger partial charge in [0, 0.05) is 92.6 Å². The number of aromatic nitrogens is 1. The number of likely N-dealkylation sites (tertiary alicyclic amines) is 1. The van der Waals surface area contributed by atoms with E-state index in [1.54, 1.807) is 75.7 Å². The average molecular weight is 1970 g/mol. The first-order valence-electron chi connectivity index (χ1n) is 49.5. The number of hydrogen-bond acceptors (Lipinski definition) is 28. The molecule has 0 saturated carbocycles. The Morgan fingerprint density at radius 1 is 0.507 bits per heavy atom. The fourth-order valence-electron chi connectivity index (χ4n) is 17.1. The molecule has 1 fully saturated rings. The number of hydroxylamine groups is 2. The van der Waals surface area contributed by atoms with Crippen molar-refractivity contribution in [3.8, 4) is 0 Å². The van der Waals surface area contributed by atoms with Crippen molar-refractivity contribution < 1.29 is 114 Å². The van der Waals surface area contributed by atoms with E-state index in [2.05, 4.69) is 50.7 Å². The van der Waals surface area contributed by atoms with E-state index in [1.807, 2.05) is 141 Å². The number of fused-ring (bicyclic) bond motifs is 1. The highest BCUT2D eigenvalue weighted by Gasteiger charge is 2.45. The lowest BCUT2D eigenvalue weighted by atomic mass is 9.89. The second kappa shape index (κ2) is 67.3. The zero-order valence-corrected chi connectivity index (χ0v) is 86.9. The number of likely N-dealkylation sites (N-methyl/N-ethyl adjacent to an activating group) is 4. The lowest BCUT2D eigenvalue weighted by Crippen LogP contribution is -2.60. The quantitative estimate of drug-likeness (QED) is 0.0240. The molecule has 138 heavy (non-hydrogen) atoms. The smallest absolute Gasteiger partial charge is 0.285 e. The number of unbranched alkanes of at least 4 members (excludes halogenated alkanes) is 1. The number of hydrogen-bond donors (Lipinski definition) is 6. The topological polar surface area (TPSA) is 412 Å². The van der Waals surface area contributed by atoms with Gasteiger partial charge in [-0.25, -0.2) is 4.98 Å². The number of carbonyl (C=O) groups is 11. The second-order valence-corrected chi connectivity index (χ2v) is 37.8. The number of nitrogens with one attached hydrogen (secondary N) is 6. The van der Waals surface area contributed by atoms with Crippen LogP contribution in [0.2, 0.25) is 0 Å². The van der Waals surface area contributed by atoms with Gasteiger partial charge in [-0.2, -0.15) is 0 Å². The van der Waals surface area contributed by atoms with E-state index in [9.17, 15) is 52.7 Å². The number of thiazole rings is 1. The maximum atomic E-state index is 14.9. The van der Waals surface area contributed by atoms with Gasteiger partial charge in [-0.15, -0.1) is 16.4 Å². The molecule has 1 saturated heterocycles. The summed E-state index contributed by atoms with van der Waals surface area (Å²) < 4.78 is 69.2. The third kappa shape index (κ3) is 41.4. The SMILES string of the molecule is CC[C@H](C)[C@@H]([C@@H](CC(=O)N1CCC[C@H]1[C@H](OC)[C@@H](C)C(=O)N[C@@H](Cc1ccccc1)c1nccs1)OC)N(C)C(=O)[C@@H](NC(=O)[C@H](C(C)C)N(C)CCOCCOCCOCCOCCC(=O)N[C@@H](CCCCNC(=O)CCOCCOCCOCCOCCN(C)[C@H](C(=O)N[C@H](C(=O)N(C)[C@H](COC)[C@@H](C)CC)C(C)C)C(C)C)C(=O)NCCOCCON1C(=O)c2ccccc2C1=O)C(C)C. The number of imide groups is 1. The van der Waals surface area contributed by atoms with Crippen LogP contribution in [0.1, 0.15) is 192 Å². The zero-order chi connectivity index (χ0) is 102. The fraction of sp³-hybridized carbons (Fsp3) is 0.740. The van der Waals surface area contributed by atoms with Crippen molar-refractivity contribution in [2.24, 2.45) is 41.4 Å². The maximum absolute atomic E-state index is 14.9. The molecular formula is C100H167N13O24S. The van der Waals surface area contributed by atoms with Gasteiger partial charge in [0.15, 0.2) is 0 Å². The van der Waals surface area contributed by atoms with Crippen LogP contribution in [0, 0.1) is 41.4 Å². The largest absolute Gasteiger partial charge is 0.383 e. The van der Waals surface area contributed by atoms with Crippen molar-refractivity contribution in [1.82, 2.24) is 66.4 Å². The Morgan fingerprint density at radius 3 is 1.47 bits per heavy atom. The van der Waals surface area contributed by atoms with Crippen LogP contribution in [0.5, 0.6) is 0 Å². The van der Waals surface area contributed by atoms with Crippen LogP contribution >= 0.6 is 11.3 Å². The Labute approximate surface area is 823 Å². The van der Waals surface area contributed by atoms with E-state index in [1.165, 1.54) is 11.3 Å². The number of amides is 11. The average Bonchev–Trinajstić information content (AvgIpc) is 1.02. The van der Waals surface area contributed by atoms with Crippen LogP contribution in [0.3, 0.4) is 0 Å². The minimum absolute atomic E-state index is 0.0125. The first-order valence-corrected chi connectivity index (χ1v) is 50.3. The highest BCUT2D eigenvalue weighted by molar-refractivity contribution is 7.09. The molecule has 3 aromatic rings. The summed E-state index contributed by atoms with van der Waals surface area (Å²) in [6.07, 6.45) is 5.23. The predicted molar refractivity (Wildman–Crippen MR) is 525 cm³/mol. The van der Waals surface area contributed by atoms with E-state index in [0.29, 0.717) is 116 Å². The summed E-state index contributed by atoms with van der Waals surface area (Å²) in [6.45, 7) is 32.2. The molecule has 0 spiro atoms. The van der Waals surface area contributed by atoms with Crippen molar-refractivity contribution in [3.63, 3.8) is 0 Å². The lowest BCUT2D eigenvalue weighted by molar-refractivity contribution is -0.148. The summed E-state index contributed by atoms with van der Waals surface area (Å²) in [5, 5.41) is 21.3. The van der Waals surface area contributed by atoms with E-state index in [4.69, 9.17) is 61.7 Å². The standard InChI is InChI=1S/C100H167N13O24S/c1-21-72(11)81(67-125-18)110(16)99(123)86(68(3)4)106-94(119)88(70(7)8)108(14)43-48-131-52-56-135-60-58-133-54-50-128-45-37-83(114)101-39-29-28-35-78(93(118)102-40-47-130-62-63-137-113-97(121)76-33-26-27-34-77(76)98(113)122)104-84(115)38-46-129-51-55-134-59-61-136-57-53-132-49-44-109(15)89(71(9)10)95(120)107-87(69(5)6)100(124)111(17)90(73(12)22-2)82(126-19)66-85(116)112-42-30-36-80(112)91(127-20)74(13)92(117)105-79(96-103-41-64-138-96)65-75-31-24-23-25-32-75/h23-27,31-34,41,64,68-74,78-82,86-91H,21-22,28-30,35-40,42-63,65-67H2,1-20H3,(H,101,114)(H,102,118)(H,104,115)(H,105,117)(H,106,119)(H,107,120)/t72-,73-,74+,78-,79-,80-,81+,82+,86-,87-,88-,89-,90-,91+/m0/s1. The van der Waals surface area contributed by atoms with Gasteiger partial charge in [0.1, 0.15) is 23.1 Å². The molecular weight excluding hydrogens is 1800 g/mol. The van der Waals surface area contributed by atoms with Crippen LogP contribution in [-0.4, -0.2) is 374 Å². The Morgan fingerprint density at radius 2 is 0.993 bits per heavy atom. The molecule has 782 valence electrons. The van der Waals surface area contributed by atoms with E-state index in [-0.39, 0.29) is 218 Å². The Bertz CT molecular complexity index is 3980. The van der Waals surface area contributed by atoms with Crippen molar-refractivity contribution >= 4 is 76.3 Å². The fourth-order valence-corrected chi connectivity index (χ4v) is 17.8. The molecule has 37 nitrogen and oxygen atoms in total. The molecule has 2 aliphatic rings. The number of carbonyl (C=O) groups excluding carboxylic acids is 11. The van der Waals surface area contributed by atoms with Gasteiger partial charge in [-0.1, -0.05) is 145 Å². The van der Waals surface area contributed by atoms with Gasteiger partial charge < -0.3 is 103 Å². The normalized spacial score (nSPS) is 16.3. The second-order valence-electron chi connectivity index (χ2n) is 36.9. The molecule has 5 rings (SSSR count). The van der Waals surface area contributed by atoms with Gasteiger partial charge >= 0.3 is 0 Å². The van der Waals surface area contributed by atoms with Crippen molar-refractivity contribution in [1.29, 1.82) is 0 Å². The third-order valence-electron chi connectivity index (χ3n) is 25.3. The summed E-state index contributed by atoms with van der Waals surface area (Å²) in [7, 11) is 12.0. The summed E-state index contributed by atoms with van der Waals surface area (Å²) in [5.41, 5.74) is 1.56. The maximum Gasteiger partial charge on any atom is 0.285 e. The minimum atomic E-state index is -0.917. The van der Waals surface area contributed by atoms with Crippen molar-refractivity contribution in [2.45, 2.75) is 227 Å². The van der Waals surface area contributed by atoms with Crippen LogP contribution in [0.4, 0.5) is 0 Å². The molecule has 6 N–H and O–H groups in total. The molecule has 3 heterocycles. The number of benzene rings is 2. The molecule has 14 atom stereocenters. The monoisotopic (exact) mass is 1970 g/mol. The molecule has 0 aliphatic carbocycles. The molecule has 1 aromatic heterocycles. The summed E-state index contributed by atoms with van der Waals surface area (Å²) in [5.74, 6) is -4.60. The molecule has 2 aromatic carbocycles. The molecule has 0 bridgehead atoms. The van der Waals surface area contributed by atoms with E-state index in [0.717, 1.165) is 23.4 Å². The zero-order valence-electron chi connectivity index (χ0n) is 86.0. The Hall–Kier alpha value is -8.16. The number of nitrogens with zero attached hydrogens (tertiary/aromatic N) is 7. The first kappa shape index (κ1) is 120. The van der Waals surface area contributed by atoms with Crippen LogP contribution in [0.15, 0.2) is 66.2 Å². The van der Waals surface area contributed by atoms with Gasteiger partial charge in [0.25, 0.3) is 11.8 Å². The Kier molecular flexibility index (Phi) is 58.7. The van der Waals surface area contributed by atoms with Crippen molar-refractivity contribution in [2.75, 3.05) is 214 Å². The van der Waals surface area contributed by atoms with Crippen LogP contribution in [0.25, 0.3) is 0 Å². The summed E-state index contributed by atoms with van der Waals surface area (Å²) in [4.78, 5) is 170. The van der Waals surface area contributed by atoms with Gasteiger partial charge in [-0.3, -0.25) is 67.4 Å². The summed E-state index contributed by atoms with van der Waals surface area (Å²) in [6, 6.07) is 11.4. The van der Waals surface area contributed by atoms with Crippen LogP contribution < -0.4 is 31.9 Å². The molecule has 0 unspecified atom stereocenters. The van der Waals surface area contributed by atoms with Gasteiger partial charge in [0.2, 0.25) is 53.2 Å². The minimum Gasteiger partial charge on any atom is -0.383 e.